The van der Waals surface area contributed by atoms with E-state index in [-0.39, 0.29) is 0 Å². The van der Waals surface area contributed by atoms with E-state index >= 15 is 0 Å². The highest BCUT2D eigenvalue weighted by Gasteiger charge is 2.31. The molecule has 0 aliphatic carbocycles. The largest absolute Gasteiger partial charge is 0.294 e. The topological polar surface area (TPSA) is 109 Å². The Morgan fingerprint density at radius 2 is 1.20 bits per heavy atom. The molecule has 0 saturated heterocycles. The first-order valence-electron chi connectivity index (χ1n) is 1.72. The summed E-state index contributed by atoms with van der Waals surface area (Å²) in [5.41, 5.74) is 0. The van der Waals surface area contributed by atoms with Crippen molar-refractivity contribution in [3.05, 3.63) is 0 Å². The van der Waals surface area contributed by atoms with E-state index in [9.17, 15) is 16.8 Å². The first-order valence-corrected chi connectivity index (χ1v) is 5.97. The van der Waals surface area contributed by atoms with Crippen LogP contribution < -0.4 is 0 Å². The summed E-state index contributed by atoms with van der Waals surface area (Å²) in [4.78, 5) is 0. The standard InChI is InChI=1S/CH3IO6S2/c2-1(9(3,4)5)10(6,7)8/h1H,(H,3,4,5)(H,6,7,8). The minimum Gasteiger partial charge on any atom is -0.284 e. The Bertz CT molecular complexity index is 265. The Labute approximate surface area is 71.3 Å². The normalized spacial score (nSPS) is 14.0. The quantitative estimate of drug-likeness (QED) is 0.403. The molecule has 0 rings (SSSR count). The predicted molar refractivity (Wildman–Crippen MR) is 40.9 cm³/mol. The van der Waals surface area contributed by atoms with E-state index in [2.05, 4.69) is 0 Å². The van der Waals surface area contributed by atoms with E-state index in [1.807, 2.05) is 0 Å². The molecule has 0 amide bonds. The Kier molecular flexibility index (Phi) is 3.05. The molecule has 0 fully saturated rings. The van der Waals surface area contributed by atoms with Crippen LogP contribution in [-0.4, -0.2) is 28.5 Å². The molecule has 0 atom stereocenters. The van der Waals surface area contributed by atoms with Gasteiger partial charge < -0.3 is 0 Å². The van der Waals surface area contributed by atoms with Gasteiger partial charge in [0.05, 0.1) is 0 Å². The van der Waals surface area contributed by atoms with Crippen LogP contribution in [0.3, 0.4) is 0 Å². The lowest BCUT2D eigenvalue weighted by atomic mass is 11.9. The van der Waals surface area contributed by atoms with Crippen LogP contribution >= 0.6 is 22.6 Å². The van der Waals surface area contributed by atoms with Crippen LogP contribution in [0.1, 0.15) is 0 Å². The van der Waals surface area contributed by atoms with E-state index in [1.165, 1.54) is 0 Å². The van der Waals surface area contributed by atoms with Gasteiger partial charge in [0, 0.05) is 0 Å². The maximum atomic E-state index is 9.99. The molecule has 0 aromatic rings. The maximum absolute atomic E-state index is 9.99. The Balaban J connectivity index is 4.94. The van der Waals surface area contributed by atoms with Gasteiger partial charge in [0.25, 0.3) is 22.8 Å². The third-order valence-electron chi connectivity index (χ3n) is 0.468. The summed E-state index contributed by atoms with van der Waals surface area (Å²) in [6, 6.07) is 0. The van der Waals surface area contributed by atoms with Gasteiger partial charge >= 0.3 is 0 Å². The average Bonchev–Trinajstić information content (AvgIpc) is 1.59. The molecule has 9 heteroatoms. The van der Waals surface area contributed by atoms with Gasteiger partial charge in [-0.1, -0.05) is 0 Å². The van der Waals surface area contributed by atoms with Crippen LogP contribution in [0, 0.1) is 0 Å². The Morgan fingerprint density at radius 3 is 1.20 bits per heavy atom. The molecule has 0 saturated carbocycles. The van der Waals surface area contributed by atoms with E-state index in [1.54, 1.807) is 0 Å². The van der Waals surface area contributed by atoms with E-state index < -0.39 is 22.8 Å². The van der Waals surface area contributed by atoms with Gasteiger partial charge in [-0.25, -0.2) is 0 Å². The number of hydrogen-bond donors (Lipinski definition) is 2. The van der Waals surface area contributed by atoms with Crippen molar-refractivity contribution in [3.8, 4) is 0 Å². The maximum Gasteiger partial charge on any atom is 0.294 e. The molecule has 0 spiro atoms. The Morgan fingerprint density at radius 1 is 1.00 bits per heavy atom. The summed E-state index contributed by atoms with van der Waals surface area (Å²) in [5.74, 6) is 0. The smallest absolute Gasteiger partial charge is 0.284 e. The SMILES string of the molecule is O=S(=O)(O)C(I)S(=O)(=O)O. The van der Waals surface area contributed by atoms with Gasteiger partial charge in [-0.05, 0) is 22.6 Å². The molecule has 0 aromatic heterocycles. The zero-order chi connectivity index (χ0) is 8.58. The van der Waals surface area contributed by atoms with Crippen LogP contribution in [-0.2, 0) is 20.2 Å². The molecular formula is CH3IO6S2. The molecule has 62 valence electrons. The molecule has 6 nitrogen and oxygen atoms in total. The van der Waals surface area contributed by atoms with E-state index in [4.69, 9.17) is 9.11 Å². The lowest BCUT2D eigenvalue weighted by molar-refractivity contribution is 0.469. The van der Waals surface area contributed by atoms with Gasteiger partial charge in [-0.15, -0.1) is 0 Å². The van der Waals surface area contributed by atoms with Gasteiger partial charge in [0.1, 0.15) is 0 Å². The molecule has 0 aromatic carbocycles. The van der Waals surface area contributed by atoms with Gasteiger partial charge in [0.15, 0.2) is 0 Å². The molecule has 2 N–H and O–H groups in total. The van der Waals surface area contributed by atoms with Crippen molar-refractivity contribution in [3.63, 3.8) is 0 Å². The zero-order valence-corrected chi connectivity index (χ0v) is 8.09. The highest BCUT2D eigenvalue weighted by Crippen LogP contribution is 2.13. The molecule has 0 unspecified atom stereocenters. The monoisotopic (exact) mass is 302 g/mol. The van der Waals surface area contributed by atoms with Gasteiger partial charge in [-0.2, -0.15) is 16.8 Å². The molecule has 0 bridgehead atoms. The van der Waals surface area contributed by atoms with E-state index in [0.717, 1.165) is 22.6 Å². The zero-order valence-electron chi connectivity index (χ0n) is 4.30. The average molecular weight is 302 g/mol. The van der Waals surface area contributed by atoms with Crippen molar-refractivity contribution in [2.45, 2.75) is 2.59 Å². The first kappa shape index (κ1) is 10.6. The van der Waals surface area contributed by atoms with Crippen LogP contribution in [0.5, 0.6) is 0 Å². The number of rotatable bonds is 2. The minimum atomic E-state index is -4.71. The molecule has 0 heterocycles. The van der Waals surface area contributed by atoms with Crippen molar-refractivity contribution in [2.24, 2.45) is 0 Å². The van der Waals surface area contributed by atoms with Crippen molar-refractivity contribution >= 4 is 42.8 Å². The van der Waals surface area contributed by atoms with Gasteiger partial charge in [0.2, 0.25) is 0 Å². The molecule has 0 aliphatic rings. The summed E-state index contributed by atoms with van der Waals surface area (Å²) < 4.78 is 53.8. The second-order valence-corrected chi connectivity index (χ2v) is 7.54. The second-order valence-electron chi connectivity index (χ2n) is 1.30. The fourth-order valence-corrected chi connectivity index (χ4v) is 1.38. The highest BCUT2D eigenvalue weighted by molar-refractivity contribution is 14.1. The second kappa shape index (κ2) is 2.89. The van der Waals surface area contributed by atoms with Gasteiger partial charge in [-0.3, -0.25) is 9.11 Å². The third kappa shape index (κ3) is 3.09. The van der Waals surface area contributed by atoms with Crippen LogP contribution in [0.25, 0.3) is 0 Å². The Hall–Kier alpha value is 0.550. The van der Waals surface area contributed by atoms with Crippen LogP contribution in [0.15, 0.2) is 0 Å². The van der Waals surface area contributed by atoms with Crippen molar-refractivity contribution in [2.75, 3.05) is 0 Å². The lowest BCUT2D eigenvalue weighted by Gasteiger charge is -1.99. The number of hydrogen-bond acceptors (Lipinski definition) is 4. The third-order valence-corrected chi connectivity index (χ3v) is 6.72. The van der Waals surface area contributed by atoms with Crippen molar-refractivity contribution in [1.82, 2.24) is 0 Å². The van der Waals surface area contributed by atoms with Crippen LogP contribution in [0.2, 0.25) is 0 Å². The first-order chi connectivity index (χ1) is 4.15. The summed E-state index contributed by atoms with van der Waals surface area (Å²) in [6.07, 6.45) is 0. The molecular weight excluding hydrogens is 299 g/mol. The molecule has 0 radical (unpaired) electrons. The predicted octanol–water partition coefficient (Wildman–Crippen LogP) is -0.519. The number of halogens is 1. The van der Waals surface area contributed by atoms with Crippen LogP contribution in [0.4, 0.5) is 0 Å². The molecule has 0 aliphatic heterocycles. The van der Waals surface area contributed by atoms with Crippen molar-refractivity contribution < 1.29 is 25.9 Å². The summed E-state index contributed by atoms with van der Waals surface area (Å²) in [6.45, 7) is 0. The highest BCUT2D eigenvalue weighted by atomic mass is 127. The van der Waals surface area contributed by atoms with E-state index in [0.29, 0.717) is 0 Å². The lowest BCUT2D eigenvalue weighted by Crippen LogP contribution is -2.22. The fraction of sp³-hybridized carbons (Fsp3) is 1.00. The summed E-state index contributed by atoms with van der Waals surface area (Å²) in [7, 11) is -9.42. The van der Waals surface area contributed by atoms with Crippen molar-refractivity contribution in [1.29, 1.82) is 0 Å². The fourth-order valence-electron chi connectivity index (χ4n) is 0.154. The number of alkyl halides is 1. The minimum absolute atomic E-state index is 0.879. The summed E-state index contributed by atoms with van der Waals surface area (Å²) >= 11 is 0.879. The summed E-state index contributed by atoms with van der Waals surface area (Å²) in [5, 5.41) is 0. The molecule has 10 heavy (non-hydrogen) atoms.